The lowest BCUT2D eigenvalue weighted by atomic mass is 10.1. The lowest BCUT2D eigenvalue weighted by molar-refractivity contribution is 0.215. The van der Waals surface area contributed by atoms with Crippen LogP contribution in [0.3, 0.4) is 0 Å². The molecule has 2 atom stereocenters. The number of aliphatic hydroxyl groups excluding tert-OH is 1. The predicted molar refractivity (Wildman–Crippen MR) is 60.6 cm³/mol. The quantitative estimate of drug-likeness (QED) is 0.717. The normalized spacial score (nSPS) is 20.2. The number of rotatable bonds is 4. The van der Waals surface area contributed by atoms with Crippen molar-refractivity contribution in [1.82, 2.24) is 5.32 Å². The second-order valence-corrected chi connectivity index (χ2v) is 4.04. The van der Waals surface area contributed by atoms with Gasteiger partial charge in [0.2, 0.25) is 0 Å². The smallest absolute Gasteiger partial charge is 0.127 e. The Balaban J connectivity index is 2.11. The van der Waals surface area contributed by atoms with Gasteiger partial charge in [0.05, 0.1) is 12.6 Å². The summed E-state index contributed by atoms with van der Waals surface area (Å²) in [6, 6.07) is 5.33. The van der Waals surface area contributed by atoms with E-state index >= 15 is 0 Å². The van der Waals surface area contributed by atoms with Crippen molar-refractivity contribution in [2.75, 3.05) is 13.2 Å². The molecule has 1 unspecified atom stereocenters. The van der Waals surface area contributed by atoms with Crippen LogP contribution >= 0.6 is 0 Å². The number of phenolic OH excluding ortho intramolecular Hbond substituents is 1. The first kappa shape index (κ1) is 11.2. The number of nitrogens with one attached hydrogen (secondary N) is 1. The van der Waals surface area contributed by atoms with Crippen molar-refractivity contribution < 1.29 is 14.9 Å². The Kier molecular flexibility index (Phi) is 3.31. The van der Waals surface area contributed by atoms with E-state index in [1.807, 2.05) is 13.0 Å². The molecule has 16 heavy (non-hydrogen) atoms. The molecule has 0 spiro atoms. The molecule has 1 aromatic rings. The summed E-state index contributed by atoms with van der Waals surface area (Å²) in [5, 5.41) is 21.8. The maximum Gasteiger partial charge on any atom is 0.127 e. The minimum atomic E-state index is 0.0911. The van der Waals surface area contributed by atoms with Gasteiger partial charge in [0.15, 0.2) is 0 Å². The van der Waals surface area contributed by atoms with Crippen LogP contribution in [0.1, 0.15) is 24.9 Å². The maximum atomic E-state index is 9.32. The van der Waals surface area contributed by atoms with Gasteiger partial charge in [-0.3, -0.25) is 0 Å². The van der Waals surface area contributed by atoms with E-state index in [0.29, 0.717) is 6.61 Å². The van der Waals surface area contributed by atoms with Crippen molar-refractivity contribution in [3.63, 3.8) is 0 Å². The number of ether oxygens (including phenoxy) is 1. The van der Waals surface area contributed by atoms with Crippen molar-refractivity contribution in [1.29, 1.82) is 0 Å². The molecule has 0 fully saturated rings. The fraction of sp³-hybridized carbons (Fsp3) is 0.500. The molecule has 4 heteroatoms. The molecular formula is C12H17NO3. The Bertz CT molecular complexity index is 363. The Morgan fingerprint density at radius 2 is 2.38 bits per heavy atom. The molecule has 2 rings (SSSR count). The first-order valence-electron chi connectivity index (χ1n) is 5.57. The van der Waals surface area contributed by atoms with Crippen LogP contribution in [-0.2, 0) is 0 Å². The van der Waals surface area contributed by atoms with E-state index in [-0.39, 0.29) is 24.4 Å². The number of fused-ring (bicyclic) bond motifs is 1. The van der Waals surface area contributed by atoms with E-state index in [9.17, 15) is 5.11 Å². The Morgan fingerprint density at radius 3 is 3.06 bits per heavy atom. The predicted octanol–water partition coefficient (Wildman–Crippen LogP) is 1.19. The average molecular weight is 223 g/mol. The lowest BCUT2D eigenvalue weighted by Crippen LogP contribution is -2.35. The van der Waals surface area contributed by atoms with Crippen molar-refractivity contribution >= 4 is 0 Å². The molecule has 0 saturated heterocycles. The molecule has 0 radical (unpaired) electrons. The number of benzene rings is 1. The summed E-state index contributed by atoms with van der Waals surface area (Å²) in [6.45, 7) is 2.71. The van der Waals surface area contributed by atoms with E-state index in [0.717, 1.165) is 17.7 Å². The van der Waals surface area contributed by atoms with Crippen molar-refractivity contribution in [2.24, 2.45) is 0 Å². The molecule has 0 amide bonds. The number of phenols is 1. The van der Waals surface area contributed by atoms with Crippen molar-refractivity contribution in [2.45, 2.75) is 25.4 Å². The number of hydrogen-bond donors (Lipinski definition) is 3. The van der Waals surface area contributed by atoms with E-state index in [1.54, 1.807) is 12.1 Å². The zero-order valence-electron chi connectivity index (χ0n) is 9.31. The van der Waals surface area contributed by atoms with Crippen LogP contribution in [0.25, 0.3) is 0 Å². The van der Waals surface area contributed by atoms with Gasteiger partial charge in [-0.1, -0.05) is 6.92 Å². The zero-order valence-corrected chi connectivity index (χ0v) is 9.31. The highest BCUT2D eigenvalue weighted by atomic mass is 16.5. The fourth-order valence-electron chi connectivity index (χ4n) is 1.92. The third kappa shape index (κ3) is 2.13. The topological polar surface area (TPSA) is 61.7 Å². The second kappa shape index (κ2) is 4.72. The minimum Gasteiger partial charge on any atom is -0.508 e. The van der Waals surface area contributed by atoms with E-state index in [4.69, 9.17) is 9.84 Å². The maximum absolute atomic E-state index is 9.32. The molecule has 3 N–H and O–H groups in total. The fourth-order valence-corrected chi connectivity index (χ4v) is 1.92. The molecule has 0 bridgehead atoms. The second-order valence-electron chi connectivity index (χ2n) is 4.04. The van der Waals surface area contributed by atoms with Gasteiger partial charge in [0.25, 0.3) is 0 Å². The van der Waals surface area contributed by atoms with Crippen LogP contribution in [0.15, 0.2) is 18.2 Å². The van der Waals surface area contributed by atoms with Crippen LogP contribution in [0.5, 0.6) is 11.5 Å². The largest absolute Gasteiger partial charge is 0.508 e. The van der Waals surface area contributed by atoms with Gasteiger partial charge in [0, 0.05) is 17.7 Å². The highest BCUT2D eigenvalue weighted by Gasteiger charge is 2.25. The Hall–Kier alpha value is -1.26. The molecular weight excluding hydrogens is 206 g/mol. The average Bonchev–Trinajstić information content (AvgIpc) is 2.68. The standard InChI is InChI=1S/C12H17NO3/c1-2-8(6-14)13-11-7-16-12-5-9(15)3-4-10(11)12/h3-5,8,11,13-15H,2,6-7H2,1H3/t8-,11?/m0/s1. The molecule has 1 aromatic carbocycles. The van der Waals surface area contributed by atoms with Gasteiger partial charge in [-0.15, -0.1) is 0 Å². The van der Waals surface area contributed by atoms with Crippen LogP contribution in [0.4, 0.5) is 0 Å². The summed E-state index contributed by atoms with van der Waals surface area (Å²) in [5.41, 5.74) is 1.05. The highest BCUT2D eigenvalue weighted by Crippen LogP contribution is 2.35. The first-order chi connectivity index (χ1) is 7.74. The molecule has 0 aliphatic carbocycles. The summed E-state index contributed by atoms with van der Waals surface area (Å²) in [7, 11) is 0. The van der Waals surface area contributed by atoms with E-state index in [1.165, 1.54) is 0 Å². The lowest BCUT2D eigenvalue weighted by Gasteiger charge is -2.18. The van der Waals surface area contributed by atoms with Gasteiger partial charge < -0.3 is 20.3 Å². The number of aromatic hydroxyl groups is 1. The van der Waals surface area contributed by atoms with Gasteiger partial charge in [-0.25, -0.2) is 0 Å². The van der Waals surface area contributed by atoms with E-state index in [2.05, 4.69) is 5.32 Å². The zero-order chi connectivity index (χ0) is 11.5. The third-order valence-electron chi connectivity index (χ3n) is 2.93. The highest BCUT2D eigenvalue weighted by molar-refractivity contribution is 5.44. The molecule has 4 nitrogen and oxygen atoms in total. The molecule has 0 aromatic heterocycles. The summed E-state index contributed by atoms with van der Waals surface area (Å²) in [6.07, 6.45) is 0.875. The molecule has 88 valence electrons. The SMILES string of the molecule is CC[C@@H](CO)NC1COc2cc(O)ccc21. The number of hydrogen-bond acceptors (Lipinski definition) is 4. The first-order valence-corrected chi connectivity index (χ1v) is 5.57. The third-order valence-corrected chi connectivity index (χ3v) is 2.93. The van der Waals surface area contributed by atoms with Crippen molar-refractivity contribution in [3.05, 3.63) is 23.8 Å². The van der Waals surface area contributed by atoms with Crippen LogP contribution < -0.4 is 10.1 Å². The van der Waals surface area contributed by atoms with Gasteiger partial charge in [-0.2, -0.15) is 0 Å². The summed E-state index contributed by atoms with van der Waals surface area (Å²) >= 11 is 0. The molecule has 1 aliphatic heterocycles. The molecule has 1 heterocycles. The minimum absolute atomic E-state index is 0.0911. The monoisotopic (exact) mass is 223 g/mol. The summed E-state index contributed by atoms with van der Waals surface area (Å²) < 4.78 is 5.48. The van der Waals surface area contributed by atoms with Gasteiger partial charge in [-0.05, 0) is 18.6 Å². The van der Waals surface area contributed by atoms with Crippen molar-refractivity contribution in [3.8, 4) is 11.5 Å². The van der Waals surface area contributed by atoms with E-state index < -0.39 is 0 Å². The Morgan fingerprint density at radius 1 is 1.56 bits per heavy atom. The van der Waals surface area contributed by atoms with Gasteiger partial charge >= 0.3 is 0 Å². The number of aliphatic hydroxyl groups is 1. The summed E-state index contributed by atoms with van der Waals surface area (Å²) in [4.78, 5) is 0. The molecule has 0 saturated carbocycles. The van der Waals surface area contributed by atoms with Gasteiger partial charge in [0.1, 0.15) is 18.1 Å². The van der Waals surface area contributed by atoms with Crippen LogP contribution in [0, 0.1) is 0 Å². The van der Waals surface area contributed by atoms with Crippen LogP contribution in [-0.4, -0.2) is 29.5 Å². The van der Waals surface area contributed by atoms with Crippen LogP contribution in [0.2, 0.25) is 0 Å². The summed E-state index contributed by atoms with van der Waals surface area (Å²) in [5.74, 6) is 0.943. The molecule has 1 aliphatic rings. The Labute approximate surface area is 94.9 Å².